The summed E-state index contributed by atoms with van der Waals surface area (Å²) in [6.07, 6.45) is 3.30. The summed E-state index contributed by atoms with van der Waals surface area (Å²) in [6, 6.07) is 0. The summed E-state index contributed by atoms with van der Waals surface area (Å²) in [5.74, 6) is -0.866. The molecule has 0 aliphatic carbocycles. The number of aliphatic hydroxyl groups is 1. The van der Waals surface area contributed by atoms with E-state index in [0.29, 0.717) is 6.67 Å². The molecule has 5 heteroatoms. The van der Waals surface area contributed by atoms with E-state index in [9.17, 15) is 4.79 Å². The third kappa shape index (κ3) is 2.12. The van der Waals surface area contributed by atoms with E-state index in [0.717, 1.165) is 0 Å². The van der Waals surface area contributed by atoms with Gasteiger partial charge in [-0.1, -0.05) is 0 Å². The Bertz CT molecular complexity index is 181. The van der Waals surface area contributed by atoms with Crippen molar-refractivity contribution in [3.63, 3.8) is 0 Å². The van der Waals surface area contributed by atoms with Crippen LogP contribution in [-0.2, 0) is 4.79 Å². The Labute approximate surface area is 64.1 Å². The van der Waals surface area contributed by atoms with E-state index in [1.807, 2.05) is 0 Å². The fraction of sp³-hybridized carbons (Fsp3) is 0.500. The summed E-state index contributed by atoms with van der Waals surface area (Å²) in [5.41, 5.74) is 0. The number of aliphatic hydroxyl groups excluding tert-OH is 1. The molecule has 0 aromatic carbocycles. The molecule has 1 aliphatic heterocycles. The summed E-state index contributed by atoms with van der Waals surface area (Å²) in [7, 11) is 0. The summed E-state index contributed by atoms with van der Waals surface area (Å²) >= 11 is 0. The maximum Gasteiger partial charge on any atom is 0.323 e. The molecule has 2 N–H and O–H groups in total. The Kier molecular flexibility index (Phi) is 2.32. The highest BCUT2D eigenvalue weighted by Crippen LogP contribution is 2.03. The number of carbonyl (C=O) groups is 1. The minimum absolute atomic E-state index is 0.0208. The van der Waals surface area contributed by atoms with Crippen molar-refractivity contribution in [2.45, 2.75) is 0 Å². The van der Waals surface area contributed by atoms with Crippen LogP contribution in [0.4, 0.5) is 0 Å². The van der Waals surface area contributed by atoms with Crippen LogP contribution in [0.2, 0.25) is 0 Å². The Morgan fingerprint density at radius 3 is 2.55 bits per heavy atom. The zero-order valence-electron chi connectivity index (χ0n) is 5.97. The van der Waals surface area contributed by atoms with Gasteiger partial charge in [-0.2, -0.15) is 0 Å². The molecule has 62 valence electrons. The lowest BCUT2D eigenvalue weighted by atomic mass is 10.6. The largest absolute Gasteiger partial charge is 0.480 e. The van der Waals surface area contributed by atoms with Crippen LogP contribution in [0.3, 0.4) is 0 Å². The lowest BCUT2D eigenvalue weighted by Crippen LogP contribution is -2.29. The minimum atomic E-state index is -0.866. The second kappa shape index (κ2) is 3.25. The molecule has 1 aliphatic rings. The number of aliphatic carboxylic acids is 1. The molecule has 0 radical (unpaired) electrons. The lowest BCUT2D eigenvalue weighted by molar-refractivity contribution is -0.137. The summed E-state index contributed by atoms with van der Waals surface area (Å²) in [5, 5.41) is 17.0. The second-order valence-corrected chi connectivity index (χ2v) is 2.31. The van der Waals surface area contributed by atoms with Crippen molar-refractivity contribution in [2.75, 3.05) is 19.9 Å². The van der Waals surface area contributed by atoms with Gasteiger partial charge in [-0.05, 0) is 0 Å². The van der Waals surface area contributed by atoms with Gasteiger partial charge in [0.1, 0.15) is 13.3 Å². The average Bonchev–Trinajstić information content (AvgIpc) is 2.34. The summed E-state index contributed by atoms with van der Waals surface area (Å²) in [4.78, 5) is 13.4. The molecule has 0 saturated heterocycles. The van der Waals surface area contributed by atoms with Crippen LogP contribution < -0.4 is 0 Å². The van der Waals surface area contributed by atoms with Crippen molar-refractivity contribution in [3.8, 4) is 0 Å². The van der Waals surface area contributed by atoms with E-state index in [-0.39, 0.29) is 13.3 Å². The predicted molar refractivity (Wildman–Crippen MR) is 37.3 cm³/mol. The highest BCUT2D eigenvalue weighted by Gasteiger charge is 2.12. The molecule has 11 heavy (non-hydrogen) atoms. The van der Waals surface area contributed by atoms with E-state index >= 15 is 0 Å². The molecule has 0 amide bonds. The third-order valence-corrected chi connectivity index (χ3v) is 1.37. The number of hydrogen-bond donors (Lipinski definition) is 2. The van der Waals surface area contributed by atoms with Crippen LogP contribution >= 0.6 is 0 Å². The van der Waals surface area contributed by atoms with Crippen molar-refractivity contribution in [3.05, 3.63) is 12.4 Å². The van der Waals surface area contributed by atoms with Gasteiger partial charge in [-0.3, -0.25) is 4.79 Å². The topological polar surface area (TPSA) is 64.0 Å². The summed E-state index contributed by atoms with van der Waals surface area (Å²) < 4.78 is 0. The first-order chi connectivity index (χ1) is 5.22. The maximum atomic E-state index is 10.2. The van der Waals surface area contributed by atoms with Crippen molar-refractivity contribution in [1.29, 1.82) is 0 Å². The molecular weight excluding hydrogens is 148 g/mol. The number of hydrogen-bond acceptors (Lipinski definition) is 4. The van der Waals surface area contributed by atoms with Gasteiger partial charge in [0.15, 0.2) is 0 Å². The molecule has 1 rings (SSSR count). The van der Waals surface area contributed by atoms with Crippen molar-refractivity contribution >= 4 is 5.97 Å². The quantitative estimate of drug-likeness (QED) is 0.555. The first-order valence-corrected chi connectivity index (χ1v) is 3.21. The van der Waals surface area contributed by atoms with Crippen molar-refractivity contribution < 1.29 is 15.0 Å². The Balaban J connectivity index is 2.32. The van der Waals surface area contributed by atoms with Crippen LogP contribution in [0, 0.1) is 0 Å². The van der Waals surface area contributed by atoms with Gasteiger partial charge in [-0.15, -0.1) is 0 Å². The Morgan fingerprint density at radius 1 is 1.45 bits per heavy atom. The molecule has 0 aromatic rings. The van der Waals surface area contributed by atoms with Gasteiger partial charge in [-0.25, -0.2) is 0 Å². The fourth-order valence-corrected chi connectivity index (χ4v) is 0.884. The number of carboxylic acids is 1. The van der Waals surface area contributed by atoms with Gasteiger partial charge >= 0.3 is 5.97 Å². The van der Waals surface area contributed by atoms with Crippen LogP contribution in [0.1, 0.15) is 0 Å². The van der Waals surface area contributed by atoms with Gasteiger partial charge in [0.25, 0.3) is 0 Å². The normalized spacial score (nSPS) is 16.1. The standard InChI is InChI=1S/C6H10N2O3/c9-5-8-2-1-7(4-8)3-6(10)11/h1-2,9H,3-5H2,(H,10,11). The molecule has 0 fully saturated rings. The Hall–Kier alpha value is -1.23. The molecule has 0 spiro atoms. The predicted octanol–water partition coefficient (Wildman–Crippen LogP) is -0.933. The smallest absolute Gasteiger partial charge is 0.323 e. The lowest BCUT2D eigenvalue weighted by Gasteiger charge is -2.16. The van der Waals surface area contributed by atoms with Gasteiger partial charge < -0.3 is 20.0 Å². The molecule has 1 heterocycles. The van der Waals surface area contributed by atoms with Crippen molar-refractivity contribution in [1.82, 2.24) is 9.80 Å². The minimum Gasteiger partial charge on any atom is -0.480 e. The molecule has 5 nitrogen and oxygen atoms in total. The van der Waals surface area contributed by atoms with Crippen LogP contribution in [-0.4, -0.2) is 45.9 Å². The summed E-state index contributed by atoms with van der Waals surface area (Å²) in [6.45, 7) is 0.350. The van der Waals surface area contributed by atoms with Gasteiger partial charge in [0.2, 0.25) is 0 Å². The van der Waals surface area contributed by atoms with Gasteiger partial charge in [0.05, 0.1) is 6.67 Å². The first kappa shape index (κ1) is 7.87. The molecule has 0 saturated carbocycles. The molecule has 0 unspecified atom stereocenters. The van der Waals surface area contributed by atoms with Crippen LogP contribution in [0.5, 0.6) is 0 Å². The molecule has 0 atom stereocenters. The number of nitrogens with zero attached hydrogens (tertiary/aromatic N) is 2. The number of carboxylic acid groups (broad SMARTS) is 1. The monoisotopic (exact) mass is 158 g/mol. The maximum absolute atomic E-state index is 10.2. The highest BCUT2D eigenvalue weighted by atomic mass is 16.4. The first-order valence-electron chi connectivity index (χ1n) is 3.21. The van der Waals surface area contributed by atoms with Crippen LogP contribution in [0.25, 0.3) is 0 Å². The fourth-order valence-electron chi connectivity index (χ4n) is 0.884. The average molecular weight is 158 g/mol. The van der Waals surface area contributed by atoms with E-state index in [1.54, 1.807) is 22.2 Å². The zero-order chi connectivity index (χ0) is 8.27. The van der Waals surface area contributed by atoms with Crippen LogP contribution in [0.15, 0.2) is 12.4 Å². The van der Waals surface area contributed by atoms with E-state index in [2.05, 4.69) is 0 Å². The SMILES string of the molecule is O=C(O)CN1C=CN(CO)C1. The Morgan fingerprint density at radius 2 is 2.09 bits per heavy atom. The zero-order valence-corrected chi connectivity index (χ0v) is 5.97. The third-order valence-electron chi connectivity index (χ3n) is 1.37. The second-order valence-electron chi connectivity index (χ2n) is 2.31. The molecule has 0 aromatic heterocycles. The highest BCUT2D eigenvalue weighted by molar-refractivity contribution is 5.69. The molecule has 0 bridgehead atoms. The number of rotatable bonds is 3. The van der Waals surface area contributed by atoms with Crippen molar-refractivity contribution in [2.24, 2.45) is 0 Å². The van der Waals surface area contributed by atoms with Gasteiger partial charge in [0, 0.05) is 12.4 Å². The van der Waals surface area contributed by atoms with E-state index < -0.39 is 5.97 Å². The molecular formula is C6H10N2O3. The van der Waals surface area contributed by atoms with E-state index in [4.69, 9.17) is 10.2 Å². The van der Waals surface area contributed by atoms with E-state index in [1.165, 1.54) is 0 Å².